The standard InChI is InChI=1S/C13H23NO2S/c1-10-5-6-11(9-12(10)17-4)13(15)14(2)7-8-16-3/h11H,5-9H2,1-4H3. The van der Waals surface area contributed by atoms with Gasteiger partial charge in [-0.15, -0.1) is 11.8 Å². The van der Waals surface area contributed by atoms with Gasteiger partial charge in [-0.25, -0.2) is 0 Å². The third kappa shape index (κ3) is 4.03. The maximum atomic E-state index is 12.2. The summed E-state index contributed by atoms with van der Waals surface area (Å²) in [6, 6.07) is 0. The van der Waals surface area contributed by atoms with Crippen LogP contribution in [0.15, 0.2) is 10.5 Å². The molecule has 1 atom stereocenters. The first kappa shape index (κ1) is 14.6. The lowest BCUT2D eigenvalue weighted by atomic mass is 9.89. The molecule has 0 radical (unpaired) electrons. The Labute approximate surface area is 109 Å². The van der Waals surface area contributed by atoms with Crippen LogP contribution in [0.5, 0.6) is 0 Å². The van der Waals surface area contributed by atoms with Crippen molar-refractivity contribution in [1.29, 1.82) is 0 Å². The number of likely N-dealkylation sites (N-methyl/N-ethyl adjacent to an activating group) is 1. The van der Waals surface area contributed by atoms with E-state index in [9.17, 15) is 4.79 Å². The van der Waals surface area contributed by atoms with E-state index in [0.29, 0.717) is 13.2 Å². The zero-order valence-electron chi connectivity index (χ0n) is 11.3. The van der Waals surface area contributed by atoms with Crippen molar-refractivity contribution in [3.63, 3.8) is 0 Å². The lowest BCUT2D eigenvalue weighted by Crippen LogP contribution is -2.36. The zero-order chi connectivity index (χ0) is 12.8. The summed E-state index contributed by atoms with van der Waals surface area (Å²) in [5.74, 6) is 0.434. The van der Waals surface area contributed by atoms with Crippen LogP contribution in [0.3, 0.4) is 0 Å². The molecule has 1 aliphatic rings. The van der Waals surface area contributed by atoms with Crippen LogP contribution in [0.2, 0.25) is 0 Å². The number of allylic oxidation sites excluding steroid dienone is 2. The van der Waals surface area contributed by atoms with E-state index < -0.39 is 0 Å². The summed E-state index contributed by atoms with van der Waals surface area (Å²) in [6.07, 6.45) is 5.07. The molecule has 0 aromatic carbocycles. The Hall–Kier alpha value is -0.480. The maximum absolute atomic E-state index is 12.2. The highest BCUT2D eigenvalue weighted by molar-refractivity contribution is 8.02. The number of amides is 1. The van der Waals surface area contributed by atoms with Gasteiger partial charge < -0.3 is 9.64 Å². The Morgan fingerprint density at radius 2 is 2.29 bits per heavy atom. The molecule has 0 bridgehead atoms. The van der Waals surface area contributed by atoms with Crippen LogP contribution in [0, 0.1) is 5.92 Å². The van der Waals surface area contributed by atoms with Gasteiger partial charge in [-0.2, -0.15) is 0 Å². The SMILES string of the molecule is COCCN(C)C(=O)C1CCC(C)=C(SC)C1. The molecule has 0 saturated heterocycles. The van der Waals surface area contributed by atoms with Crippen LogP contribution in [0.1, 0.15) is 26.2 Å². The quantitative estimate of drug-likeness (QED) is 0.758. The van der Waals surface area contributed by atoms with E-state index in [1.165, 1.54) is 10.5 Å². The molecule has 3 nitrogen and oxygen atoms in total. The number of hydrogen-bond acceptors (Lipinski definition) is 3. The van der Waals surface area contributed by atoms with E-state index in [4.69, 9.17) is 4.74 Å². The average molecular weight is 257 g/mol. The molecule has 1 rings (SSSR count). The van der Waals surface area contributed by atoms with Crippen molar-refractivity contribution >= 4 is 17.7 Å². The van der Waals surface area contributed by atoms with Crippen LogP contribution in [-0.2, 0) is 9.53 Å². The average Bonchev–Trinajstić information content (AvgIpc) is 2.35. The van der Waals surface area contributed by atoms with Crippen molar-refractivity contribution in [2.45, 2.75) is 26.2 Å². The van der Waals surface area contributed by atoms with Crippen LogP contribution < -0.4 is 0 Å². The summed E-state index contributed by atoms with van der Waals surface area (Å²) >= 11 is 1.79. The fourth-order valence-corrected chi connectivity index (χ4v) is 2.97. The van der Waals surface area contributed by atoms with Gasteiger partial charge in [0.25, 0.3) is 0 Å². The van der Waals surface area contributed by atoms with Gasteiger partial charge in [-0.05, 0) is 37.3 Å². The third-order valence-electron chi connectivity index (χ3n) is 3.38. The number of methoxy groups -OCH3 is 1. The van der Waals surface area contributed by atoms with Gasteiger partial charge in [0.1, 0.15) is 0 Å². The first-order valence-electron chi connectivity index (χ1n) is 6.06. The molecule has 0 aliphatic heterocycles. The largest absolute Gasteiger partial charge is 0.383 e. The van der Waals surface area contributed by atoms with Crippen LogP contribution in [-0.4, -0.2) is 44.4 Å². The van der Waals surface area contributed by atoms with E-state index in [1.807, 2.05) is 7.05 Å². The van der Waals surface area contributed by atoms with E-state index in [2.05, 4.69) is 13.2 Å². The topological polar surface area (TPSA) is 29.5 Å². The summed E-state index contributed by atoms with van der Waals surface area (Å²) in [7, 11) is 3.53. The zero-order valence-corrected chi connectivity index (χ0v) is 12.1. The molecule has 0 spiro atoms. The highest BCUT2D eigenvalue weighted by Gasteiger charge is 2.26. The second kappa shape index (κ2) is 7.07. The molecule has 0 fully saturated rings. The number of carbonyl (C=O) groups is 1. The number of ether oxygens (including phenoxy) is 1. The van der Waals surface area contributed by atoms with E-state index in [1.54, 1.807) is 23.8 Å². The first-order chi connectivity index (χ1) is 8.10. The number of thioether (sulfide) groups is 1. The van der Waals surface area contributed by atoms with Crippen molar-refractivity contribution in [2.24, 2.45) is 5.92 Å². The van der Waals surface area contributed by atoms with Gasteiger partial charge in [0.15, 0.2) is 0 Å². The number of hydrogen-bond donors (Lipinski definition) is 0. The Balaban J connectivity index is 2.54. The number of rotatable bonds is 5. The van der Waals surface area contributed by atoms with Crippen molar-refractivity contribution in [1.82, 2.24) is 4.90 Å². The smallest absolute Gasteiger partial charge is 0.225 e. The predicted molar refractivity (Wildman–Crippen MR) is 73.1 cm³/mol. The van der Waals surface area contributed by atoms with Gasteiger partial charge >= 0.3 is 0 Å². The monoisotopic (exact) mass is 257 g/mol. The molecule has 1 amide bonds. The van der Waals surface area contributed by atoms with Crippen LogP contribution >= 0.6 is 11.8 Å². The Bertz CT molecular complexity index is 302. The highest BCUT2D eigenvalue weighted by atomic mass is 32.2. The summed E-state index contributed by atoms with van der Waals surface area (Å²) in [4.78, 5) is 15.4. The second-order valence-corrected chi connectivity index (χ2v) is 5.50. The molecule has 1 unspecified atom stereocenters. The third-order valence-corrected chi connectivity index (χ3v) is 4.39. The molecule has 0 aromatic rings. The maximum Gasteiger partial charge on any atom is 0.225 e. The first-order valence-corrected chi connectivity index (χ1v) is 7.29. The summed E-state index contributed by atoms with van der Waals surface area (Å²) in [5.41, 5.74) is 1.46. The van der Waals surface area contributed by atoms with Crippen molar-refractivity contribution < 1.29 is 9.53 Å². The van der Waals surface area contributed by atoms with Gasteiger partial charge in [0.2, 0.25) is 5.91 Å². The Morgan fingerprint density at radius 1 is 1.59 bits per heavy atom. The fraction of sp³-hybridized carbons (Fsp3) is 0.769. The van der Waals surface area contributed by atoms with Crippen molar-refractivity contribution in [3.8, 4) is 0 Å². The molecule has 17 heavy (non-hydrogen) atoms. The molecule has 98 valence electrons. The minimum atomic E-state index is 0.169. The summed E-state index contributed by atoms with van der Waals surface area (Å²) in [6.45, 7) is 3.48. The van der Waals surface area contributed by atoms with Gasteiger partial charge in [0, 0.05) is 26.6 Å². The Kier molecular flexibility index (Phi) is 6.06. The molecule has 0 aromatic heterocycles. The lowest BCUT2D eigenvalue weighted by molar-refractivity contribution is -0.135. The molecule has 1 aliphatic carbocycles. The van der Waals surface area contributed by atoms with E-state index in [0.717, 1.165) is 19.3 Å². The van der Waals surface area contributed by atoms with Crippen molar-refractivity contribution in [2.75, 3.05) is 33.6 Å². The molecule has 4 heteroatoms. The molecule has 0 saturated carbocycles. The van der Waals surface area contributed by atoms with Crippen molar-refractivity contribution in [3.05, 3.63) is 10.5 Å². The highest BCUT2D eigenvalue weighted by Crippen LogP contribution is 2.35. The minimum Gasteiger partial charge on any atom is -0.383 e. The molecular weight excluding hydrogens is 234 g/mol. The molecule has 0 heterocycles. The Morgan fingerprint density at radius 3 is 2.88 bits per heavy atom. The fourth-order valence-electron chi connectivity index (χ4n) is 2.15. The van der Waals surface area contributed by atoms with Crippen LogP contribution in [0.4, 0.5) is 0 Å². The summed E-state index contributed by atoms with van der Waals surface area (Å²) in [5, 5.41) is 0. The van der Waals surface area contributed by atoms with E-state index in [-0.39, 0.29) is 11.8 Å². The van der Waals surface area contributed by atoms with E-state index >= 15 is 0 Å². The second-order valence-electron chi connectivity index (χ2n) is 4.60. The van der Waals surface area contributed by atoms with Gasteiger partial charge in [-0.3, -0.25) is 4.79 Å². The minimum absolute atomic E-state index is 0.169. The molecular formula is C13H23NO2S. The van der Waals surface area contributed by atoms with Crippen LogP contribution in [0.25, 0.3) is 0 Å². The molecule has 0 N–H and O–H groups in total. The number of nitrogens with zero attached hydrogens (tertiary/aromatic N) is 1. The summed E-state index contributed by atoms with van der Waals surface area (Å²) < 4.78 is 5.00. The normalized spacial score (nSPS) is 20.6. The number of carbonyl (C=O) groups excluding carboxylic acids is 1. The predicted octanol–water partition coefficient (Wildman–Crippen LogP) is 2.53. The van der Waals surface area contributed by atoms with Gasteiger partial charge in [-0.1, -0.05) is 5.57 Å². The van der Waals surface area contributed by atoms with Gasteiger partial charge in [0.05, 0.1) is 6.61 Å². The lowest BCUT2D eigenvalue weighted by Gasteiger charge is -2.28.